The number of aliphatic hydroxyl groups is 3. The lowest BCUT2D eigenvalue weighted by Gasteiger charge is -2.20. The molecular formula is C46H70NO13P. The Morgan fingerprint density at radius 2 is 1.15 bits per heavy atom. The van der Waals surface area contributed by atoms with Crippen LogP contribution >= 0.6 is 7.82 Å². The number of carbonyl (C=O) groups excluding carboxylic acids is 2. The van der Waals surface area contributed by atoms with Gasteiger partial charge in [0.15, 0.2) is 6.10 Å². The number of unbranched alkanes of at least 4 members (excludes halogenated alkanes) is 1. The number of hydrogen-bond donors (Lipinski definition) is 6. The van der Waals surface area contributed by atoms with Crippen LogP contribution in [0.3, 0.4) is 0 Å². The van der Waals surface area contributed by atoms with Crippen LogP contribution in [0, 0.1) is 0 Å². The molecule has 0 aromatic carbocycles. The van der Waals surface area contributed by atoms with Gasteiger partial charge in [-0.1, -0.05) is 135 Å². The average Bonchev–Trinajstić information content (AvgIpc) is 3.22. The van der Waals surface area contributed by atoms with Crippen molar-refractivity contribution in [3.8, 4) is 0 Å². The second-order valence-electron chi connectivity index (χ2n) is 13.6. The second-order valence-corrected chi connectivity index (χ2v) is 15.0. The van der Waals surface area contributed by atoms with Gasteiger partial charge in [-0.15, -0.1) is 0 Å². The number of rotatable bonds is 36. The SMILES string of the molecule is CC/C=C\C/C=C\C/C=C\C/C=C\C/C=C\CCCC(=O)OC[C@H](COP(=O)(O)OC[C@H](N)C(=O)O)OC(=O)CCC[C@@H](O)[C@H](O)\C=C/C=C\C=C\C=C\[C@@H](O)C/C=C\CC. The van der Waals surface area contributed by atoms with Gasteiger partial charge in [0.05, 0.1) is 31.5 Å². The third kappa shape index (κ3) is 37.3. The van der Waals surface area contributed by atoms with Crippen molar-refractivity contribution < 1.29 is 62.8 Å². The summed E-state index contributed by atoms with van der Waals surface area (Å²) in [5.74, 6) is -2.86. The van der Waals surface area contributed by atoms with Gasteiger partial charge in [0, 0.05) is 12.8 Å². The summed E-state index contributed by atoms with van der Waals surface area (Å²) in [4.78, 5) is 46.0. The van der Waals surface area contributed by atoms with E-state index in [-0.39, 0.29) is 25.7 Å². The van der Waals surface area contributed by atoms with E-state index in [1.54, 1.807) is 42.5 Å². The highest BCUT2D eigenvalue weighted by Gasteiger charge is 2.28. The number of ether oxygens (including phenoxy) is 2. The molecular weight excluding hydrogens is 805 g/mol. The first kappa shape index (κ1) is 56.8. The Kier molecular flexibility index (Phi) is 36.0. The minimum absolute atomic E-state index is 0.0301. The van der Waals surface area contributed by atoms with Gasteiger partial charge in [-0.05, 0) is 70.6 Å². The zero-order valence-electron chi connectivity index (χ0n) is 35.8. The van der Waals surface area contributed by atoms with Crippen molar-refractivity contribution in [1.29, 1.82) is 0 Å². The summed E-state index contributed by atoms with van der Waals surface area (Å²) in [6.07, 6.45) is 40.8. The third-order valence-electron chi connectivity index (χ3n) is 8.05. The van der Waals surface area contributed by atoms with Crippen LogP contribution in [0.2, 0.25) is 0 Å². The molecule has 0 aliphatic heterocycles. The van der Waals surface area contributed by atoms with Gasteiger partial charge in [0.25, 0.3) is 0 Å². The van der Waals surface area contributed by atoms with Crippen LogP contribution in [0.4, 0.5) is 0 Å². The zero-order valence-corrected chi connectivity index (χ0v) is 36.7. The molecule has 0 rings (SSSR count). The molecule has 7 N–H and O–H groups in total. The van der Waals surface area contributed by atoms with Crippen molar-refractivity contribution in [2.24, 2.45) is 5.73 Å². The van der Waals surface area contributed by atoms with Crippen molar-refractivity contribution in [2.75, 3.05) is 19.8 Å². The molecule has 342 valence electrons. The normalized spacial score (nSPS) is 16.4. The lowest BCUT2D eigenvalue weighted by atomic mass is 10.1. The van der Waals surface area contributed by atoms with Crippen LogP contribution in [0.25, 0.3) is 0 Å². The number of aliphatic carboxylic acids is 1. The molecule has 0 aromatic rings. The molecule has 6 atom stereocenters. The predicted octanol–water partition coefficient (Wildman–Crippen LogP) is 7.74. The highest BCUT2D eigenvalue weighted by atomic mass is 31.2. The monoisotopic (exact) mass is 875 g/mol. The first-order chi connectivity index (χ1) is 29.3. The molecule has 15 heteroatoms. The van der Waals surface area contributed by atoms with Crippen molar-refractivity contribution in [1.82, 2.24) is 0 Å². The minimum Gasteiger partial charge on any atom is -0.480 e. The first-order valence-electron chi connectivity index (χ1n) is 20.9. The standard InChI is InChI=1S/C46H70NO13P/c1-3-5-7-8-9-10-11-12-13-14-15-16-17-18-19-24-28-34-44(51)57-36-40(37-58-61(55,56)59-38-41(47)46(53)54)60-45(52)35-29-33-43(50)42(49)32-27-23-21-20-22-26-31-39(48)30-25-6-4-2/h5-7,9-10,12-13,15-16,18-23,25-27,31-32,39-43,48-50H,3-4,8,11,14,17,24,28-30,33-38,47H2,1-2H3,(H,53,54)(H,55,56)/b7-5-,10-9-,13-12-,16-15-,19-18-,22-20+,23-21-,25-6-,31-26+,32-27-/t39-,40+,41-,42+,43+/m0/s1. The number of phosphoric ester groups is 1. The topological polar surface area (TPSA) is 232 Å². The molecule has 0 spiro atoms. The molecule has 0 radical (unpaired) electrons. The smallest absolute Gasteiger partial charge is 0.472 e. The van der Waals surface area contributed by atoms with Gasteiger partial charge in [0.2, 0.25) is 0 Å². The molecule has 0 aromatic heterocycles. The van der Waals surface area contributed by atoms with Gasteiger partial charge < -0.3 is 40.5 Å². The van der Waals surface area contributed by atoms with Crippen LogP contribution in [0.5, 0.6) is 0 Å². The number of carbonyl (C=O) groups is 3. The van der Waals surface area contributed by atoms with Crippen molar-refractivity contribution >= 4 is 25.7 Å². The Balaban J connectivity index is 4.84. The number of carboxylic acids is 1. The van der Waals surface area contributed by atoms with E-state index in [9.17, 15) is 39.2 Å². The summed E-state index contributed by atoms with van der Waals surface area (Å²) in [5, 5.41) is 39.3. The molecule has 0 heterocycles. The lowest BCUT2D eigenvalue weighted by Crippen LogP contribution is -2.34. The van der Waals surface area contributed by atoms with Crippen LogP contribution in [-0.4, -0.2) is 93.5 Å². The second kappa shape index (κ2) is 38.7. The number of hydrogen-bond acceptors (Lipinski definition) is 12. The molecule has 0 fully saturated rings. The lowest BCUT2D eigenvalue weighted by molar-refractivity contribution is -0.161. The summed E-state index contributed by atoms with van der Waals surface area (Å²) in [6, 6.07) is -1.59. The number of allylic oxidation sites excluding steroid dienone is 17. The Bertz CT molecular complexity index is 1540. The average molecular weight is 876 g/mol. The maximum atomic E-state index is 12.6. The predicted molar refractivity (Wildman–Crippen MR) is 239 cm³/mol. The van der Waals surface area contributed by atoms with Crippen LogP contribution in [0.15, 0.2) is 122 Å². The van der Waals surface area contributed by atoms with E-state index in [0.29, 0.717) is 19.3 Å². The van der Waals surface area contributed by atoms with Gasteiger partial charge in [0.1, 0.15) is 12.6 Å². The number of nitrogens with two attached hydrogens (primary N) is 1. The molecule has 0 aliphatic rings. The van der Waals surface area contributed by atoms with E-state index >= 15 is 0 Å². The Labute approximate surface area is 362 Å². The van der Waals surface area contributed by atoms with E-state index in [0.717, 1.165) is 38.5 Å². The molecule has 0 bridgehead atoms. The third-order valence-corrected chi connectivity index (χ3v) is 9.00. The quantitative estimate of drug-likeness (QED) is 0.0116. The summed E-state index contributed by atoms with van der Waals surface area (Å²) in [5.41, 5.74) is 5.30. The van der Waals surface area contributed by atoms with E-state index in [2.05, 4.69) is 60.1 Å². The molecule has 0 aliphatic carbocycles. The van der Waals surface area contributed by atoms with E-state index in [4.69, 9.17) is 24.8 Å². The van der Waals surface area contributed by atoms with Gasteiger partial charge in [-0.3, -0.25) is 23.4 Å². The van der Waals surface area contributed by atoms with Gasteiger partial charge in [-0.25, -0.2) is 4.57 Å². The highest BCUT2D eigenvalue weighted by molar-refractivity contribution is 7.47. The fourth-order valence-electron chi connectivity index (χ4n) is 4.67. The van der Waals surface area contributed by atoms with E-state index in [1.165, 1.54) is 6.08 Å². The first-order valence-corrected chi connectivity index (χ1v) is 22.4. The highest BCUT2D eigenvalue weighted by Crippen LogP contribution is 2.43. The van der Waals surface area contributed by atoms with Crippen molar-refractivity contribution in [3.05, 3.63) is 122 Å². The van der Waals surface area contributed by atoms with Crippen molar-refractivity contribution in [2.45, 2.75) is 128 Å². The molecule has 0 saturated carbocycles. The fourth-order valence-corrected chi connectivity index (χ4v) is 5.45. The number of aliphatic hydroxyl groups excluding tert-OH is 3. The molecule has 0 saturated heterocycles. The van der Waals surface area contributed by atoms with Crippen LogP contribution < -0.4 is 5.73 Å². The largest absolute Gasteiger partial charge is 0.480 e. The van der Waals surface area contributed by atoms with Crippen LogP contribution in [0.1, 0.15) is 97.3 Å². The van der Waals surface area contributed by atoms with Gasteiger partial charge in [-0.2, -0.15) is 0 Å². The number of carboxylic acid groups (broad SMARTS) is 1. The molecule has 61 heavy (non-hydrogen) atoms. The van der Waals surface area contributed by atoms with E-state index < -0.39 is 76.0 Å². The Hall–Kier alpha value is -4.24. The van der Waals surface area contributed by atoms with Crippen LogP contribution in [-0.2, 0) is 37.5 Å². The number of phosphoric acid groups is 1. The minimum atomic E-state index is -4.84. The molecule has 1 unspecified atom stereocenters. The molecule has 14 nitrogen and oxygen atoms in total. The Morgan fingerprint density at radius 3 is 1.74 bits per heavy atom. The van der Waals surface area contributed by atoms with Crippen molar-refractivity contribution in [3.63, 3.8) is 0 Å². The summed E-state index contributed by atoms with van der Waals surface area (Å²) in [6.45, 7) is 2.05. The molecule has 0 amide bonds. The maximum Gasteiger partial charge on any atom is 0.472 e. The maximum absolute atomic E-state index is 12.6. The summed E-state index contributed by atoms with van der Waals surface area (Å²) < 4.78 is 32.3. The summed E-state index contributed by atoms with van der Waals surface area (Å²) >= 11 is 0. The Morgan fingerprint density at radius 1 is 0.639 bits per heavy atom. The zero-order chi connectivity index (χ0) is 45.4. The van der Waals surface area contributed by atoms with E-state index in [1.807, 2.05) is 31.2 Å². The fraction of sp³-hybridized carbons (Fsp3) is 0.500. The van der Waals surface area contributed by atoms with Gasteiger partial charge >= 0.3 is 25.7 Å². The summed E-state index contributed by atoms with van der Waals surface area (Å²) in [7, 11) is -4.84. The number of esters is 2.